The van der Waals surface area contributed by atoms with Gasteiger partial charge in [-0.05, 0) is 79.3 Å². The van der Waals surface area contributed by atoms with Gasteiger partial charge in [-0.25, -0.2) is 0 Å². The van der Waals surface area contributed by atoms with E-state index in [1.54, 1.807) is 50.2 Å². The van der Waals surface area contributed by atoms with Gasteiger partial charge in [0, 0.05) is 54.5 Å². The van der Waals surface area contributed by atoms with Gasteiger partial charge >= 0.3 is 0 Å². The van der Waals surface area contributed by atoms with Crippen LogP contribution in [-0.4, -0.2) is 137 Å². The number of carbonyl (C=O) groups excluding carboxylic acids is 9. The van der Waals surface area contributed by atoms with E-state index in [-0.39, 0.29) is 63.3 Å². The molecule has 384 valence electrons. The summed E-state index contributed by atoms with van der Waals surface area (Å²) in [5.74, 6) is -6.80. The normalized spacial score (nSPS) is 22.6. The predicted octanol–water partition coefficient (Wildman–Crippen LogP) is -0.0656. The van der Waals surface area contributed by atoms with Gasteiger partial charge in [0.1, 0.15) is 42.3 Å². The molecule has 2 saturated heterocycles. The van der Waals surface area contributed by atoms with E-state index in [9.17, 15) is 43.2 Å². The number of likely N-dealkylation sites (tertiary alicyclic amines) is 1. The number of carbonyl (C=O) groups is 9. The molecule has 13 N–H and O–H groups in total. The van der Waals surface area contributed by atoms with Crippen molar-refractivity contribution in [1.82, 2.24) is 47.4 Å². The summed E-state index contributed by atoms with van der Waals surface area (Å²) in [6.45, 7) is 5.97. The van der Waals surface area contributed by atoms with E-state index in [0.29, 0.717) is 42.1 Å². The van der Waals surface area contributed by atoms with E-state index < -0.39 is 108 Å². The third-order valence-electron chi connectivity index (χ3n) is 11.5. The smallest absolute Gasteiger partial charge is 0.246 e. The van der Waals surface area contributed by atoms with Crippen molar-refractivity contribution >= 4 is 93.8 Å². The van der Waals surface area contributed by atoms with Gasteiger partial charge in [-0.2, -0.15) is 11.8 Å². The summed E-state index contributed by atoms with van der Waals surface area (Å²) in [7, 11) is 0. The van der Waals surface area contributed by atoms with Crippen LogP contribution in [0.15, 0.2) is 41.8 Å². The Balaban J connectivity index is 1.64. The van der Waals surface area contributed by atoms with Crippen molar-refractivity contribution in [3.8, 4) is 0 Å². The maximum atomic E-state index is 14.6. The zero-order valence-electron chi connectivity index (χ0n) is 39.7. The number of thioether (sulfide) groups is 1. The number of nitrogens with two attached hydrogens (primary N) is 2. The summed E-state index contributed by atoms with van der Waals surface area (Å²) in [6.07, 6.45) is 1.58. The molecule has 7 atom stereocenters. The number of amides is 9. The summed E-state index contributed by atoms with van der Waals surface area (Å²) in [5, 5.41) is 31.5. The fourth-order valence-corrected chi connectivity index (χ4v) is 9.68. The largest absolute Gasteiger partial charge is 0.370 e. The SMILES string of the molecule is CCCNC(=O)[C@@H](CCCNC(=N)N)NC(=O)[C@@H]1CCCN1C(=O)[C@@H]1CSCCCC(=O)N[C@@H](Cc2ccc(Cl)cc2)C(=O)N[C@@H](Cc2cccs2)C(=O)N[C@@H](C(C)C)C(=O)N[C@@H](CC(N)=O)C(=O)N1. The number of primary amides is 1. The molecule has 0 unspecified atom stereocenters. The molecule has 70 heavy (non-hydrogen) atoms. The first-order chi connectivity index (χ1) is 33.4. The molecule has 24 heteroatoms. The Bertz CT molecular complexity index is 2150. The van der Waals surface area contributed by atoms with Crippen LogP contribution >= 0.6 is 34.7 Å². The molecule has 2 aromatic rings. The summed E-state index contributed by atoms with van der Waals surface area (Å²) < 4.78 is 0. The fraction of sp³-hybridized carbons (Fsp3) is 0.565. The highest BCUT2D eigenvalue weighted by molar-refractivity contribution is 7.99. The first-order valence-corrected chi connectivity index (χ1v) is 25.9. The third kappa shape index (κ3) is 18.4. The van der Waals surface area contributed by atoms with Crippen LogP contribution in [0.1, 0.15) is 82.6 Å². The summed E-state index contributed by atoms with van der Waals surface area (Å²) in [4.78, 5) is 126. The number of rotatable bonds is 17. The van der Waals surface area contributed by atoms with Crippen LogP contribution in [0.5, 0.6) is 0 Å². The Morgan fingerprint density at radius 2 is 1.54 bits per heavy atom. The quantitative estimate of drug-likeness (QED) is 0.0564. The van der Waals surface area contributed by atoms with Crippen LogP contribution in [0.25, 0.3) is 0 Å². The standard InChI is InChI=1S/C46H67ClN12O9S2/c1-4-17-51-39(62)30(10-5-18-52-46(49)50)54-43(66)35-11-6-19-59(35)45(68)34-25-69-20-8-12-37(61)53-31(22-27-13-15-28(47)16-14-27)40(63)55-32(23-29-9-7-21-70-29)42(65)58-38(26(2)3)44(67)56-33(24-36(48)60)41(64)57-34/h7,9,13-16,21,26,30-35,38H,4-6,8,10-12,17-20,22-25H2,1-3H3,(H2,48,60)(H,51,62)(H,53,61)(H,54,66)(H,55,63)(H,56,67)(H,57,64)(H,58,65)(H4,49,50,52)/t30-,31+,32+,33+,34+,35+,38+/m1/s1. The minimum Gasteiger partial charge on any atom is -0.370 e. The van der Waals surface area contributed by atoms with Crippen molar-refractivity contribution in [2.75, 3.05) is 31.1 Å². The van der Waals surface area contributed by atoms with Crippen LogP contribution in [0, 0.1) is 11.3 Å². The lowest BCUT2D eigenvalue weighted by Gasteiger charge is -2.31. The number of nitrogens with zero attached hydrogens (tertiary/aromatic N) is 1. The zero-order chi connectivity index (χ0) is 51.3. The molecule has 3 heterocycles. The lowest BCUT2D eigenvalue weighted by atomic mass is 10.0. The molecule has 9 amide bonds. The Morgan fingerprint density at radius 1 is 0.857 bits per heavy atom. The van der Waals surface area contributed by atoms with Gasteiger partial charge < -0.3 is 58.9 Å². The second-order valence-electron chi connectivity index (χ2n) is 17.5. The van der Waals surface area contributed by atoms with Crippen molar-refractivity contribution in [1.29, 1.82) is 5.41 Å². The molecule has 0 aliphatic carbocycles. The van der Waals surface area contributed by atoms with Crippen LogP contribution in [0.2, 0.25) is 5.02 Å². The van der Waals surface area contributed by atoms with Gasteiger partial charge in [0.15, 0.2) is 5.96 Å². The highest BCUT2D eigenvalue weighted by atomic mass is 35.5. The highest BCUT2D eigenvalue weighted by Gasteiger charge is 2.40. The van der Waals surface area contributed by atoms with E-state index in [1.807, 2.05) is 12.3 Å². The first kappa shape index (κ1) is 56.6. The molecule has 2 fully saturated rings. The maximum Gasteiger partial charge on any atom is 0.246 e. The number of halogens is 1. The Labute approximate surface area is 421 Å². The lowest BCUT2D eigenvalue weighted by molar-refractivity contribution is -0.142. The fourth-order valence-electron chi connectivity index (χ4n) is 7.83. The molecular weight excluding hydrogens is 964 g/mol. The van der Waals surface area contributed by atoms with Gasteiger partial charge in [0.25, 0.3) is 0 Å². The van der Waals surface area contributed by atoms with E-state index in [4.69, 9.17) is 28.5 Å². The minimum absolute atomic E-state index is 0.0313. The number of hydrogen-bond donors (Lipinski definition) is 11. The number of hydrogen-bond acceptors (Lipinski definition) is 12. The molecular formula is C46H67ClN12O9S2. The summed E-state index contributed by atoms with van der Waals surface area (Å²) >= 11 is 8.71. The average Bonchev–Trinajstić information content (AvgIpc) is 4.03. The summed E-state index contributed by atoms with van der Waals surface area (Å²) in [5.41, 5.74) is 11.7. The Hall–Kier alpha value is -5.94. The Kier molecular flexibility index (Phi) is 23.2. The molecule has 1 aromatic heterocycles. The molecule has 21 nitrogen and oxygen atoms in total. The number of thiophene rings is 1. The van der Waals surface area contributed by atoms with Gasteiger partial charge in [0.05, 0.1) is 6.42 Å². The van der Waals surface area contributed by atoms with Crippen LogP contribution in [0.3, 0.4) is 0 Å². The highest BCUT2D eigenvalue weighted by Crippen LogP contribution is 2.22. The van der Waals surface area contributed by atoms with Crippen molar-refractivity contribution in [2.45, 2.75) is 127 Å². The number of benzene rings is 1. The van der Waals surface area contributed by atoms with Crippen molar-refractivity contribution in [3.63, 3.8) is 0 Å². The van der Waals surface area contributed by atoms with E-state index in [1.165, 1.54) is 28.0 Å². The van der Waals surface area contributed by atoms with Crippen LogP contribution < -0.4 is 54.0 Å². The van der Waals surface area contributed by atoms with Gasteiger partial charge in [0.2, 0.25) is 53.2 Å². The minimum atomic E-state index is -1.61. The number of guanidine groups is 1. The lowest BCUT2D eigenvalue weighted by Crippen LogP contribution is -2.61. The van der Waals surface area contributed by atoms with Gasteiger partial charge in [-0.3, -0.25) is 48.6 Å². The molecule has 0 spiro atoms. The van der Waals surface area contributed by atoms with Crippen molar-refractivity contribution in [3.05, 3.63) is 57.2 Å². The maximum absolute atomic E-state index is 14.6. The summed E-state index contributed by atoms with van der Waals surface area (Å²) in [6, 6.07) is 1.76. The molecule has 0 radical (unpaired) electrons. The molecule has 0 saturated carbocycles. The predicted molar refractivity (Wildman–Crippen MR) is 267 cm³/mol. The first-order valence-electron chi connectivity index (χ1n) is 23.5. The Morgan fingerprint density at radius 3 is 2.20 bits per heavy atom. The second kappa shape index (κ2) is 28.7. The zero-order valence-corrected chi connectivity index (χ0v) is 42.1. The van der Waals surface area contributed by atoms with E-state index in [0.717, 1.165) is 4.88 Å². The number of nitrogens with one attached hydrogen (secondary N) is 9. The van der Waals surface area contributed by atoms with E-state index in [2.05, 4.69) is 42.5 Å². The monoisotopic (exact) mass is 1030 g/mol. The molecule has 4 rings (SSSR count). The second-order valence-corrected chi connectivity index (χ2v) is 20.1. The van der Waals surface area contributed by atoms with E-state index >= 15 is 0 Å². The van der Waals surface area contributed by atoms with Gasteiger partial charge in [-0.15, -0.1) is 11.3 Å². The molecule has 1 aromatic carbocycles. The third-order valence-corrected chi connectivity index (χ3v) is 13.8. The van der Waals surface area contributed by atoms with Gasteiger partial charge in [-0.1, -0.05) is 50.6 Å². The van der Waals surface area contributed by atoms with Crippen molar-refractivity contribution < 1.29 is 43.2 Å². The average molecular weight is 1030 g/mol. The molecule has 2 aliphatic rings. The van der Waals surface area contributed by atoms with Crippen LogP contribution in [-0.2, 0) is 56.0 Å². The van der Waals surface area contributed by atoms with Crippen LogP contribution in [0.4, 0.5) is 0 Å². The topological polar surface area (TPSA) is 329 Å². The van der Waals surface area contributed by atoms with Crippen molar-refractivity contribution in [2.24, 2.45) is 17.4 Å². The molecule has 2 aliphatic heterocycles. The molecule has 0 bridgehead atoms.